The molecule has 0 saturated heterocycles. The third kappa shape index (κ3) is 2.30. The minimum atomic E-state index is -0.100. The first kappa shape index (κ1) is 12.4. The molecule has 0 radical (unpaired) electrons. The molecule has 16 heavy (non-hydrogen) atoms. The van der Waals surface area contributed by atoms with Crippen LogP contribution in [-0.4, -0.2) is 0 Å². The Balaban J connectivity index is 2.31. The maximum Gasteiger partial charge on any atom is 0.103 e. The lowest BCUT2D eigenvalue weighted by Crippen LogP contribution is -1.86. The molecule has 0 aliphatic heterocycles. The molecule has 1 unspecified atom stereocenters. The van der Waals surface area contributed by atoms with Gasteiger partial charge in [-0.3, -0.25) is 0 Å². The molecule has 0 N–H and O–H groups in total. The van der Waals surface area contributed by atoms with Crippen molar-refractivity contribution in [2.24, 2.45) is 0 Å². The molecule has 0 aliphatic rings. The summed E-state index contributed by atoms with van der Waals surface area (Å²) < 4.78 is 0. The van der Waals surface area contributed by atoms with Gasteiger partial charge in [0.15, 0.2) is 0 Å². The Labute approximate surface area is 114 Å². The second-order valence-corrected chi connectivity index (χ2v) is 6.54. The Morgan fingerprint density at radius 2 is 2.12 bits per heavy atom. The molecule has 2 rings (SSSR count). The highest BCUT2D eigenvalue weighted by Gasteiger charge is 2.19. The number of rotatable bonds is 3. The summed E-state index contributed by atoms with van der Waals surface area (Å²) in [6.07, 6.45) is 1.06. The van der Waals surface area contributed by atoms with Crippen LogP contribution in [0.3, 0.4) is 0 Å². The fraction of sp³-hybridized carbons (Fsp3) is 0.333. The maximum atomic E-state index is 6.46. The zero-order chi connectivity index (χ0) is 11.7. The summed E-state index contributed by atoms with van der Waals surface area (Å²) in [5.41, 5.74) is 1.11. The first-order valence-electron chi connectivity index (χ1n) is 5.09. The number of halogens is 2. The number of hydrogen-bond acceptors (Lipinski definition) is 2. The summed E-state index contributed by atoms with van der Waals surface area (Å²) in [7, 11) is 0. The van der Waals surface area contributed by atoms with Crippen LogP contribution in [0.4, 0.5) is 0 Å². The minimum absolute atomic E-state index is 0.100. The summed E-state index contributed by atoms with van der Waals surface area (Å²) in [5, 5.41) is 2.77. The van der Waals surface area contributed by atoms with Crippen molar-refractivity contribution in [3.05, 3.63) is 42.7 Å². The van der Waals surface area contributed by atoms with E-state index in [2.05, 4.69) is 24.4 Å². The van der Waals surface area contributed by atoms with E-state index in [0.29, 0.717) is 0 Å². The lowest BCUT2D eigenvalue weighted by molar-refractivity contribution is 1.19. The van der Waals surface area contributed by atoms with Gasteiger partial charge < -0.3 is 0 Å². The second-order valence-electron chi connectivity index (χ2n) is 3.62. The quantitative estimate of drug-likeness (QED) is 0.640. The van der Waals surface area contributed by atoms with Crippen molar-refractivity contribution in [3.8, 4) is 0 Å². The SMILES string of the molecule is CCc1ccc(C(Cl)c2scc(C)c2Cl)s1. The average Bonchev–Trinajstić information content (AvgIpc) is 2.87. The van der Waals surface area contributed by atoms with Crippen LogP contribution in [0.1, 0.15) is 32.5 Å². The Bertz CT molecular complexity index is 485. The van der Waals surface area contributed by atoms with Crippen LogP contribution in [0.15, 0.2) is 17.5 Å². The molecule has 0 fully saturated rings. The van der Waals surface area contributed by atoms with Crippen molar-refractivity contribution in [2.75, 3.05) is 0 Å². The molecule has 4 heteroatoms. The van der Waals surface area contributed by atoms with Crippen LogP contribution in [0.25, 0.3) is 0 Å². The molecule has 2 aromatic heterocycles. The molecule has 0 amide bonds. The van der Waals surface area contributed by atoms with Crippen molar-refractivity contribution in [1.82, 2.24) is 0 Å². The first-order valence-corrected chi connectivity index (χ1v) is 7.60. The number of aryl methyl sites for hydroxylation is 2. The van der Waals surface area contributed by atoms with E-state index in [9.17, 15) is 0 Å². The van der Waals surface area contributed by atoms with E-state index in [4.69, 9.17) is 23.2 Å². The third-order valence-electron chi connectivity index (χ3n) is 2.44. The molecule has 2 aromatic rings. The highest BCUT2D eigenvalue weighted by Crippen LogP contribution is 2.41. The van der Waals surface area contributed by atoms with E-state index in [0.717, 1.165) is 21.9 Å². The summed E-state index contributed by atoms with van der Waals surface area (Å²) in [6, 6.07) is 4.25. The summed E-state index contributed by atoms with van der Waals surface area (Å²) in [6.45, 7) is 4.17. The van der Waals surface area contributed by atoms with Crippen LogP contribution < -0.4 is 0 Å². The van der Waals surface area contributed by atoms with Crippen LogP contribution >= 0.6 is 45.9 Å². The van der Waals surface area contributed by atoms with Crippen molar-refractivity contribution in [1.29, 1.82) is 0 Å². The molecule has 0 aliphatic carbocycles. The van der Waals surface area contributed by atoms with Crippen LogP contribution in [0.5, 0.6) is 0 Å². The number of thiophene rings is 2. The fourth-order valence-electron chi connectivity index (χ4n) is 1.47. The average molecular weight is 291 g/mol. The predicted molar refractivity (Wildman–Crippen MR) is 75.5 cm³/mol. The molecule has 86 valence electrons. The first-order chi connectivity index (χ1) is 7.63. The van der Waals surface area contributed by atoms with Gasteiger partial charge in [-0.25, -0.2) is 0 Å². The van der Waals surface area contributed by atoms with Gasteiger partial charge in [0.05, 0.1) is 5.02 Å². The lowest BCUT2D eigenvalue weighted by atomic mass is 10.2. The standard InChI is InChI=1S/C12H12Cl2S2/c1-3-8-4-5-9(16-8)11(14)12-10(13)7(2)6-15-12/h4-6,11H,3H2,1-2H3. The van der Waals surface area contributed by atoms with Crippen molar-refractivity contribution in [2.45, 2.75) is 25.6 Å². The number of alkyl halides is 1. The largest absolute Gasteiger partial charge is 0.145 e. The van der Waals surface area contributed by atoms with E-state index >= 15 is 0 Å². The molecule has 2 heterocycles. The van der Waals surface area contributed by atoms with Crippen molar-refractivity contribution < 1.29 is 0 Å². The fourth-order valence-corrected chi connectivity index (χ4v) is 4.31. The Kier molecular flexibility index (Phi) is 3.96. The topological polar surface area (TPSA) is 0 Å². The van der Waals surface area contributed by atoms with Gasteiger partial charge in [-0.1, -0.05) is 18.5 Å². The van der Waals surface area contributed by atoms with Gasteiger partial charge in [0.1, 0.15) is 5.38 Å². The van der Waals surface area contributed by atoms with E-state index in [1.807, 2.05) is 6.92 Å². The molecule has 0 saturated carbocycles. The molecule has 0 bridgehead atoms. The minimum Gasteiger partial charge on any atom is -0.145 e. The summed E-state index contributed by atoms with van der Waals surface area (Å²) >= 11 is 16.1. The van der Waals surface area contributed by atoms with Crippen LogP contribution in [0.2, 0.25) is 5.02 Å². The van der Waals surface area contributed by atoms with Gasteiger partial charge in [-0.05, 0) is 36.4 Å². The second kappa shape index (κ2) is 5.09. The molecule has 0 spiro atoms. The predicted octanol–water partition coefficient (Wildman–Crippen LogP) is 5.66. The Morgan fingerprint density at radius 1 is 1.38 bits per heavy atom. The maximum absolute atomic E-state index is 6.46. The molecule has 1 atom stereocenters. The smallest absolute Gasteiger partial charge is 0.103 e. The molecular weight excluding hydrogens is 279 g/mol. The summed E-state index contributed by atoms with van der Waals surface area (Å²) in [4.78, 5) is 3.61. The van der Waals surface area contributed by atoms with Crippen LogP contribution in [-0.2, 0) is 6.42 Å². The zero-order valence-electron chi connectivity index (χ0n) is 9.09. The van der Waals surface area contributed by atoms with Gasteiger partial charge in [-0.15, -0.1) is 34.3 Å². The third-order valence-corrected chi connectivity index (χ3v) is 6.22. The monoisotopic (exact) mass is 290 g/mol. The van der Waals surface area contributed by atoms with E-state index in [1.165, 1.54) is 9.75 Å². The normalized spacial score (nSPS) is 13.0. The van der Waals surface area contributed by atoms with Crippen molar-refractivity contribution in [3.63, 3.8) is 0 Å². The molecule has 0 nitrogen and oxygen atoms in total. The van der Waals surface area contributed by atoms with Gasteiger partial charge in [-0.2, -0.15) is 0 Å². The lowest BCUT2D eigenvalue weighted by Gasteiger charge is -2.05. The zero-order valence-corrected chi connectivity index (χ0v) is 12.2. The van der Waals surface area contributed by atoms with Crippen LogP contribution in [0, 0.1) is 6.92 Å². The molecular formula is C12H12Cl2S2. The van der Waals surface area contributed by atoms with Gasteiger partial charge in [0.2, 0.25) is 0 Å². The Hall–Kier alpha value is -0.0200. The number of hydrogen-bond donors (Lipinski definition) is 0. The highest BCUT2D eigenvalue weighted by molar-refractivity contribution is 7.13. The summed E-state index contributed by atoms with van der Waals surface area (Å²) in [5.74, 6) is 0. The van der Waals surface area contributed by atoms with Gasteiger partial charge in [0, 0.05) is 14.6 Å². The molecule has 0 aromatic carbocycles. The van der Waals surface area contributed by atoms with E-state index in [-0.39, 0.29) is 5.38 Å². The van der Waals surface area contributed by atoms with Crippen molar-refractivity contribution >= 4 is 45.9 Å². The van der Waals surface area contributed by atoms with E-state index < -0.39 is 0 Å². The highest BCUT2D eigenvalue weighted by atomic mass is 35.5. The van der Waals surface area contributed by atoms with Gasteiger partial charge in [0.25, 0.3) is 0 Å². The Morgan fingerprint density at radius 3 is 2.62 bits per heavy atom. The van der Waals surface area contributed by atoms with E-state index in [1.54, 1.807) is 22.7 Å². The van der Waals surface area contributed by atoms with Gasteiger partial charge >= 0.3 is 0 Å².